The maximum Gasteiger partial charge on any atom is 0.256 e. The van der Waals surface area contributed by atoms with Crippen molar-refractivity contribution in [2.45, 2.75) is 25.2 Å². The van der Waals surface area contributed by atoms with E-state index in [2.05, 4.69) is 10.6 Å². The average molecular weight is 360 g/mol. The minimum absolute atomic E-state index is 0.00504. The van der Waals surface area contributed by atoms with E-state index in [9.17, 15) is 18.0 Å². The Hall–Kier alpha value is -2.67. The molecular formula is C18H20N2O4S. The van der Waals surface area contributed by atoms with Crippen LogP contribution in [0, 0.1) is 0 Å². The molecule has 0 unspecified atom stereocenters. The Labute approximate surface area is 147 Å². The fourth-order valence-corrected chi connectivity index (χ4v) is 3.30. The first kappa shape index (κ1) is 18.7. The Balaban J connectivity index is 2.27. The van der Waals surface area contributed by atoms with Gasteiger partial charge < -0.3 is 10.6 Å². The summed E-state index contributed by atoms with van der Waals surface area (Å²) in [7, 11) is -3.51. The SMILES string of the molecule is CCC(=O)Nc1cccc(NC(=O)c2ccccc2S(=O)(=O)CC)c1. The van der Waals surface area contributed by atoms with Gasteiger partial charge in [0, 0.05) is 17.8 Å². The van der Waals surface area contributed by atoms with Gasteiger partial charge in [0.25, 0.3) is 5.91 Å². The van der Waals surface area contributed by atoms with Crippen LogP contribution in [0.3, 0.4) is 0 Å². The van der Waals surface area contributed by atoms with Crippen LogP contribution >= 0.6 is 0 Å². The Bertz CT molecular complexity index is 891. The molecule has 0 heterocycles. The van der Waals surface area contributed by atoms with E-state index in [-0.39, 0.29) is 22.1 Å². The molecule has 0 saturated carbocycles. The van der Waals surface area contributed by atoms with Crippen LogP contribution in [0.15, 0.2) is 53.4 Å². The zero-order chi connectivity index (χ0) is 18.4. The molecule has 6 nitrogen and oxygen atoms in total. The van der Waals surface area contributed by atoms with E-state index in [4.69, 9.17) is 0 Å². The first-order valence-corrected chi connectivity index (χ1v) is 9.55. The van der Waals surface area contributed by atoms with Gasteiger partial charge in [-0.05, 0) is 30.3 Å². The number of anilines is 2. The predicted molar refractivity (Wildman–Crippen MR) is 97.5 cm³/mol. The molecule has 0 radical (unpaired) electrons. The van der Waals surface area contributed by atoms with Crippen molar-refractivity contribution in [3.63, 3.8) is 0 Å². The van der Waals surface area contributed by atoms with Crippen LogP contribution in [-0.2, 0) is 14.6 Å². The molecule has 2 rings (SSSR count). The number of rotatable bonds is 6. The second kappa shape index (κ2) is 7.94. The third kappa shape index (κ3) is 4.67. The lowest BCUT2D eigenvalue weighted by molar-refractivity contribution is -0.115. The van der Waals surface area contributed by atoms with Crippen LogP contribution in [0.1, 0.15) is 30.6 Å². The summed E-state index contributed by atoms with van der Waals surface area (Å²) in [5.74, 6) is -0.745. The highest BCUT2D eigenvalue weighted by Gasteiger charge is 2.20. The van der Waals surface area contributed by atoms with Gasteiger partial charge in [-0.2, -0.15) is 0 Å². The molecular weight excluding hydrogens is 340 g/mol. The Kier molecular flexibility index (Phi) is 5.93. The summed E-state index contributed by atoms with van der Waals surface area (Å²) in [6, 6.07) is 12.8. The summed E-state index contributed by atoms with van der Waals surface area (Å²) in [4.78, 5) is 24.0. The fraction of sp³-hybridized carbons (Fsp3) is 0.222. The zero-order valence-electron chi connectivity index (χ0n) is 14.1. The maximum absolute atomic E-state index is 12.5. The van der Waals surface area contributed by atoms with E-state index < -0.39 is 15.7 Å². The number of hydrogen-bond acceptors (Lipinski definition) is 4. The van der Waals surface area contributed by atoms with E-state index in [0.717, 1.165) is 0 Å². The van der Waals surface area contributed by atoms with Gasteiger partial charge in [-0.25, -0.2) is 8.42 Å². The summed E-state index contributed by atoms with van der Waals surface area (Å²) in [6.07, 6.45) is 0.346. The highest BCUT2D eigenvalue weighted by molar-refractivity contribution is 7.91. The second-order valence-corrected chi connectivity index (χ2v) is 7.58. The summed E-state index contributed by atoms with van der Waals surface area (Å²) in [6.45, 7) is 3.27. The minimum Gasteiger partial charge on any atom is -0.326 e. The Morgan fingerprint density at radius 2 is 1.56 bits per heavy atom. The van der Waals surface area contributed by atoms with Crippen LogP contribution in [0.4, 0.5) is 11.4 Å². The first-order chi connectivity index (χ1) is 11.9. The van der Waals surface area contributed by atoms with Gasteiger partial charge in [-0.3, -0.25) is 9.59 Å². The quantitative estimate of drug-likeness (QED) is 0.828. The number of benzene rings is 2. The van der Waals surface area contributed by atoms with Crippen LogP contribution in [0.2, 0.25) is 0 Å². The third-order valence-electron chi connectivity index (χ3n) is 3.57. The van der Waals surface area contributed by atoms with Crippen LogP contribution in [0.5, 0.6) is 0 Å². The van der Waals surface area contributed by atoms with E-state index >= 15 is 0 Å². The Morgan fingerprint density at radius 3 is 2.20 bits per heavy atom. The zero-order valence-corrected chi connectivity index (χ0v) is 14.9. The van der Waals surface area contributed by atoms with Crippen LogP contribution in [0.25, 0.3) is 0 Å². The molecule has 0 aliphatic rings. The second-order valence-electron chi connectivity index (χ2n) is 5.34. The Morgan fingerprint density at radius 1 is 0.920 bits per heavy atom. The topological polar surface area (TPSA) is 92.3 Å². The van der Waals surface area contributed by atoms with E-state index in [1.807, 2.05) is 0 Å². The predicted octanol–water partition coefficient (Wildman–Crippen LogP) is 3.08. The molecule has 0 aliphatic carbocycles. The molecule has 132 valence electrons. The largest absolute Gasteiger partial charge is 0.326 e. The number of carbonyl (C=O) groups is 2. The van der Waals surface area contributed by atoms with Gasteiger partial charge in [0.1, 0.15) is 0 Å². The monoisotopic (exact) mass is 360 g/mol. The van der Waals surface area contributed by atoms with Gasteiger partial charge >= 0.3 is 0 Å². The van der Waals surface area contributed by atoms with Gasteiger partial charge in [0.05, 0.1) is 16.2 Å². The summed E-state index contributed by atoms with van der Waals surface area (Å²) in [5.41, 5.74) is 1.11. The number of carbonyl (C=O) groups excluding carboxylic acids is 2. The van der Waals surface area contributed by atoms with Gasteiger partial charge in [-0.15, -0.1) is 0 Å². The minimum atomic E-state index is -3.51. The van der Waals surface area contributed by atoms with Crippen molar-refractivity contribution in [1.82, 2.24) is 0 Å². The molecule has 0 aromatic heterocycles. The highest BCUT2D eigenvalue weighted by atomic mass is 32.2. The molecule has 2 aromatic carbocycles. The lowest BCUT2D eigenvalue weighted by Gasteiger charge is -2.11. The molecule has 2 N–H and O–H groups in total. The standard InChI is InChI=1S/C18H20N2O4S/c1-3-17(21)19-13-8-7-9-14(12-13)20-18(22)15-10-5-6-11-16(15)25(23,24)4-2/h5-12H,3-4H2,1-2H3,(H,19,21)(H,20,22). The summed E-state index contributed by atoms with van der Waals surface area (Å²) >= 11 is 0. The molecule has 0 spiro atoms. The highest BCUT2D eigenvalue weighted by Crippen LogP contribution is 2.20. The normalized spacial score (nSPS) is 11.0. The summed E-state index contributed by atoms with van der Waals surface area (Å²) < 4.78 is 24.3. The van der Waals surface area contributed by atoms with E-state index in [1.54, 1.807) is 43.3 Å². The molecule has 0 atom stereocenters. The maximum atomic E-state index is 12.5. The molecule has 0 aliphatic heterocycles. The molecule has 2 aromatic rings. The van der Waals surface area contributed by atoms with Crippen molar-refractivity contribution in [2.24, 2.45) is 0 Å². The van der Waals surface area contributed by atoms with Gasteiger partial charge in [0.2, 0.25) is 5.91 Å². The first-order valence-electron chi connectivity index (χ1n) is 7.90. The fourth-order valence-electron chi connectivity index (χ4n) is 2.20. The number of nitrogens with one attached hydrogen (secondary N) is 2. The number of hydrogen-bond donors (Lipinski definition) is 2. The van der Waals surface area contributed by atoms with Crippen molar-refractivity contribution in [1.29, 1.82) is 0 Å². The summed E-state index contributed by atoms with van der Waals surface area (Å²) in [5, 5.41) is 5.38. The lowest BCUT2D eigenvalue weighted by atomic mass is 10.2. The number of sulfone groups is 1. The smallest absolute Gasteiger partial charge is 0.256 e. The van der Waals surface area contributed by atoms with Crippen molar-refractivity contribution in [2.75, 3.05) is 16.4 Å². The van der Waals surface area contributed by atoms with Crippen molar-refractivity contribution < 1.29 is 18.0 Å². The average Bonchev–Trinajstić information content (AvgIpc) is 2.61. The molecule has 0 saturated heterocycles. The molecule has 2 amide bonds. The molecule has 0 bridgehead atoms. The van der Waals surface area contributed by atoms with E-state index in [1.165, 1.54) is 19.1 Å². The molecule has 0 fully saturated rings. The number of amides is 2. The van der Waals surface area contributed by atoms with Crippen molar-refractivity contribution >= 4 is 33.0 Å². The lowest BCUT2D eigenvalue weighted by Crippen LogP contribution is -2.17. The third-order valence-corrected chi connectivity index (χ3v) is 5.36. The molecule has 25 heavy (non-hydrogen) atoms. The molecule has 7 heteroatoms. The van der Waals surface area contributed by atoms with Gasteiger partial charge in [-0.1, -0.05) is 32.0 Å². The van der Waals surface area contributed by atoms with Gasteiger partial charge in [0.15, 0.2) is 9.84 Å². The van der Waals surface area contributed by atoms with Crippen LogP contribution in [-0.4, -0.2) is 26.0 Å². The van der Waals surface area contributed by atoms with E-state index in [0.29, 0.717) is 17.8 Å². The van der Waals surface area contributed by atoms with Crippen molar-refractivity contribution in [3.05, 3.63) is 54.1 Å². The van der Waals surface area contributed by atoms with Crippen LogP contribution < -0.4 is 10.6 Å². The van der Waals surface area contributed by atoms with Crippen molar-refractivity contribution in [3.8, 4) is 0 Å².